The second-order valence-electron chi connectivity index (χ2n) is 5.18. The first-order valence-corrected chi connectivity index (χ1v) is 9.76. The molecule has 0 aliphatic carbocycles. The van der Waals surface area contributed by atoms with Crippen LogP contribution in [0.15, 0.2) is 28.7 Å². The molecular formula is C13H20BrOSi. The summed E-state index contributed by atoms with van der Waals surface area (Å²) in [7, 11) is -1.54. The van der Waals surface area contributed by atoms with Gasteiger partial charge in [0.1, 0.15) is 0 Å². The van der Waals surface area contributed by atoms with Crippen molar-refractivity contribution in [2.45, 2.75) is 32.7 Å². The van der Waals surface area contributed by atoms with E-state index in [1.807, 2.05) is 12.1 Å². The quantitative estimate of drug-likeness (QED) is 0.725. The molecule has 0 saturated heterocycles. The normalized spacial score (nSPS) is 14.2. The molecule has 0 aliphatic heterocycles. The molecule has 0 saturated carbocycles. The molecule has 0 amide bonds. The van der Waals surface area contributed by atoms with E-state index in [-0.39, 0.29) is 12.0 Å². The van der Waals surface area contributed by atoms with Crippen molar-refractivity contribution in [3.63, 3.8) is 0 Å². The van der Waals surface area contributed by atoms with Crippen molar-refractivity contribution >= 4 is 24.2 Å². The van der Waals surface area contributed by atoms with Crippen LogP contribution in [0.25, 0.3) is 0 Å². The molecule has 1 aromatic rings. The number of rotatable bonds is 4. The molecule has 0 aromatic heterocycles. The van der Waals surface area contributed by atoms with Crippen LogP contribution in [0.5, 0.6) is 0 Å². The Morgan fingerprint density at radius 2 is 1.94 bits per heavy atom. The van der Waals surface area contributed by atoms with Gasteiger partial charge in [0.15, 0.2) is 8.32 Å². The van der Waals surface area contributed by atoms with Crippen molar-refractivity contribution < 1.29 is 4.43 Å². The Labute approximate surface area is 108 Å². The van der Waals surface area contributed by atoms with E-state index >= 15 is 0 Å². The number of hydrogen-bond acceptors (Lipinski definition) is 1. The predicted octanol–water partition coefficient (Wildman–Crippen LogP) is 4.81. The van der Waals surface area contributed by atoms with Gasteiger partial charge in [0.05, 0.1) is 6.10 Å². The van der Waals surface area contributed by atoms with Crippen LogP contribution >= 0.6 is 15.9 Å². The van der Waals surface area contributed by atoms with Crippen molar-refractivity contribution in [3.8, 4) is 0 Å². The van der Waals surface area contributed by atoms with Gasteiger partial charge >= 0.3 is 0 Å². The first kappa shape index (κ1) is 13.9. The van der Waals surface area contributed by atoms with Crippen molar-refractivity contribution in [2.24, 2.45) is 5.92 Å². The molecule has 0 fully saturated rings. The van der Waals surface area contributed by atoms with E-state index in [1.54, 1.807) is 0 Å². The highest BCUT2D eigenvalue weighted by atomic mass is 79.9. The van der Waals surface area contributed by atoms with Gasteiger partial charge in [0.25, 0.3) is 0 Å². The standard InChI is InChI=1S/C13H20BrOSi/c1-10(2)13(15-16(3,4)5)11-7-6-8-12(14)9-11/h6-10,13H,1H2,2-5H3. The molecule has 2 unspecified atom stereocenters. The van der Waals surface area contributed by atoms with E-state index in [4.69, 9.17) is 4.43 Å². The molecule has 0 bridgehead atoms. The fourth-order valence-corrected chi connectivity index (χ4v) is 3.12. The van der Waals surface area contributed by atoms with Crippen LogP contribution in [0.2, 0.25) is 19.6 Å². The number of benzene rings is 1. The van der Waals surface area contributed by atoms with Crippen molar-refractivity contribution in [2.75, 3.05) is 0 Å². The summed E-state index contributed by atoms with van der Waals surface area (Å²) >= 11 is 3.49. The highest BCUT2D eigenvalue weighted by Gasteiger charge is 2.24. The van der Waals surface area contributed by atoms with E-state index in [2.05, 4.69) is 61.6 Å². The molecule has 1 radical (unpaired) electrons. The van der Waals surface area contributed by atoms with Crippen LogP contribution in [0.3, 0.4) is 0 Å². The summed E-state index contributed by atoms with van der Waals surface area (Å²) in [6.45, 7) is 12.8. The molecular weight excluding hydrogens is 280 g/mol. The Kier molecular flexibility index (Phi) is 4.77. The Balaban J connectivity index is 2.94. The van der Waals surface area contributed by atoms with Gasteiger partial charge in [-0.15, -0.1) is 0 Å². The number of hydrogen-bond donors (Lipinski definition) is 0. The van der Waals surface area contributed by atoms with Crippen molar-refractivity contribution in [1.29, 1.82) is 0 Å². The van der Waals surface area contributed by atoms with Crippen LogP contribution in [-0.2, 0) is 4.43 Å². The van der Waals surface area contributed by atoms with Gasteiger partial charge in [0.2, 0.25) is 0 Å². The summed E-state index contributed by atoms with van der Waals surface area (Å²) in [6.07, 6.45) is 0.101. The third-order valence-corrected chi connectivity index (χ3v) is 3.63. The summed E-state index contributed by atoms with van der Waals surface area (Å²) in [6, 6.07) is 8.30. The summed E-state index contributed by atoms with van der Waals surface area (Å²) in [4.78, 5) is 0. The largest absolute Gasteiger partial charge is 0.410 e. The maximum absolute atomic E-state index is 6.20. The number of halogens is 1. The average Bonchev–Trinajstić information content (AvgIpc) is 2.12. The minimum absolute atomic E-state index is 0.101. The van der Waals surface area contributed by atoms with Crippen LogP contribution in [-0.4, -0.2) is 8.32 Å². The molecule has 0 spiro atoms. The van der Waals surface area contributed by atoms with E-state index in [0.29, 0.717) is 0 Å². The second kappa shape index (κ2) is 5.47. The fraction of sp³-hybridized carbons (Fsp3) is 0.462. The zero-order valence-corrected chi connectivity index (χ0v) is 13.0. The zero-order valence-electron chi connectivity index (χ0n) is 10.5. The van der Waals surface area contributed by atoms with Crippen LogP contribution < -0.4 is 0 Å². The molecule has 1 nitrogen and oxygen atoms in total. The lowest BCUT2D eigenvalue weighted by molar-refractivity contribution is 0.158. The summed E-state index contributed by atoms with van der Waals surface area (Å²) in [5.41, 5.74) is 1.21. The molecule has 1 aromatic carbocycles. The minimum Gasteiger partial charge on any atom is -0.410 e. The lowest BCUT2D eigenvalue weighted by Gasteiger charge is -2.29. The molecule has 0 heterocycles. The van der Waals surface area contributed by atoms with Gasteiger partial charge in [0, 0.05) is 4.47 Å². The predicted molar refractivity (Wildman–Crippen MR) is 75.8 cm³/mol. The van der Waals surface area contributed by atoms with Crippen molar-refractivity contribution in [3.05, 3.63) is 41.2 Å². The van der Waals surface area contributed by atoms with Gasteiger partial charge in [-0.3, -0.25) is 0 Å². The highest BCUT2D eigenvalue weighted by molar-refractivity contribution is 9.10. The average molecular weight is 300 g/mol. The van der Waals surface area contributed by atoms with Crippen LogP contribution in [0, 0.1) is 12.8 Å². The monoisotopic (exact) mass is 299 g/mol. The van der Waals surface area contributed by atoms with Gasteiger partial charge in [-0.1, -0.05) is 35.0 Å². The van der Waals surface area contributed by atoms with Gasteiger partial charge in [-0.2, -0.15) is 0 Å². The molecule has 89 valence electrons. The van der Waals surface area contributed by atoms with Gasteiger partial charge in [-0.25, -0.2) is 0 Å². The SMILES string of the molecule is [CH2]C(C)C(O[Si](C)(C)C)c1cccc(Br)c1. The third-order valence-electron chi connectivity index (χ3n) is 2.17. The summed E-state index contributed by atoms with van der Waals surface area (Å²) < 4.78 is 7.29. The Bertz CT molecular complexity index is 344. The zero-order chi connectivity index (χ0) is 12.3. The summed E-state index contributed by atoms with van der Waals surface area (Å²) in [5, 5.41) is 0. The topological polar surface area (TPSA) is 9.23 Å². The molecule has 3 heteroatoms. The van der Waals surface area contributed by atoms with E-state index in [0.717, 1.165) is 4.47 Å². The lowest BCUT2D eigenvalue weighted by atomic mass is 9.99. The van der Waals surface area contributed by atoms with Crippen molar-refractivity contribution in [1.82, 2.24) is 0 Å². The molecule has 16 heavy (non-hydrogen) atoms. The van der Waals surface area contributed by atoms with E-state index < -0.39 is 8.32 Å². The third kappa shape index (κ3) is 4.40. The summed E-state index contributed by atoms with van der Waals surface area (Å²) in [5.74, 6) is 0.251. The Hall–Kier alpha value is -0.123. The maximum atomic E-state index is 6.20. The van der Waals surface area contributed by atoms with Crippen LogP contribution in [0.1, 0.15) is 18.6 Å². The minimum atomic E-state index is -1.54. The first-order valence-electron chi connectivity index (χ1n) is 5.56. The Morgan fingerprint density at radius 1 is 1.31 bits per heavy atom. The molecule has 1 rings (SSSR count). The molecule has 0 aliphatic rings. The molecule has 2 atom stereocenters. The van der Waals surface area contributed by atoms with Gasteiger partial charge < -0.3 is 4.43 Å². The maximum Gasteiger partial charge on any atom is 0.184 e. The van der Waals surface area contributed by atoms with E-state index in [1.165, 1.54) is 5.56 Å². The molecule has 0 N–H and O–H groups in total. The Morgan fingerprint density at radius 3 is 2.38 bits per heavy atom. The van der Waals surface area contributed by atoms with Gasteiger partial charge in [-0.05, 0) is 50.2 Å². The van der Waals surface area contributed by atoms with Crippen LogP contribution in [0.4, 0.5) is 0 Å². The lowest BCUT2D eigenvalue weighted by Crippen LogP contribution is -2.30. The highest BCUT2D eigenvalue weighted by Crippen LogP contribution is 2.30. The smallest absolute Gasteiger partial charge is 0.184 e. The second-order valence-corrected chi connectivity index (χ2v) is 10.6. The first-order chi connectivity index (χ1) is 7.29. The van der Waals surface area contributed by atoms with E-state index in [9.17, 15) is 0 Å². The fourth-order valence-electron chi connectivity index (χ4n) is 1.58.